The molecule has 1 aliphatic rings. The largest absolute Gasteiger partial charge is 0.338 e. The van der Waals surface area contributed by atoms with Crippen LogP contribution in [-0.2, 0) is 11.3 Å². The quantitative estimate of drug-likeness (QED) is 0.758. The third-order valence-electron chi connectivity index (χ3n) is 4.51. The lowest BCUT2D eigenvalue weighted by molar-refractivity contribution is -0.128. The Bertz CT molecular complexity index is 951. The van der Waals surface area contributed by atoms with Crippen molar-refractivity contribution in [2.45, 2.75) is 19.4 Å². The minimum Gasteiger partial charge on any atom is -0.338 e. The van der Waals surface area contributed by atoms with E-state index in [0.717, 1.165) is 24.3 Å². The number of carbonyl (C=O) groups excluding carboxylic acids is 2. The van der Waals surface area contributed by atoms with Gasteiger partial charge in [0.1, 0.15) is 12.1 Å². The fourth-order valence-electron chi connectivity index (χ4n) is 3.11. The van der Waals surface area contributed by atoms with Gasteiger partial charge in [-0.1, -0.05) is 12.1 Å². The van der Waals surface area contributed by atoms with E-state index in [1.807, 2.05) is 29.2 Å². The Morgan fingerprint density at radius 1 is 1.22 bits per heavy atom. The van der Waals surface area contributed by atoms with Gasteiger partial charge >= 0.3 is 0 Å². The summed E-state index contributed by atoms with van der Waals surface area (Å²) in [6.45, 7) is 1.32. The number of nitrogens with zero attached hydrogens (tertiary/aromatic N) is 4. The normalized spacial score (nSPS) is 13.8. The van der Waals surface area contributed by atoms with E-state index in [9.17, 15) is 9.59 Å². The lowest BCUT2D eigenvalue weighted by Crippen LogP contribution is -2.24. The number of hydrogen-bond donors (Lipinski definition) is 1. The summed E-state index contributed by atoms with van der Waals surface area (Å²) in [5.74, 6) is 0.693. The summed E-state index contributed by atoms with van der Waals surface area (Å²) < 4.78 is 1.79. The lowest BCUT2D eigenvalue weighted by Gasteiger charge is -2.16. The van der Waals surface area contributed by atoms with Crippen molar-refractivity contribution in [1.29, 1.82) is 0 Å². The van der Waals surface area contributed by atoms with Gasteiger partial charge in [0.05, 0.1) is 11.9 Å². The topological polar surface area (TPSA) is 80.1 Å². The molecule has 1 saturated heterocycles. The van der Waals surface area contributed by atoms with Crippen LogP contribution >= 0.6 is 0 Å². The Hall–Kier alpha value is -3.48. The van der Waals surface area contributed by atoms with Crippen molar-refractivity contribution >= 4 is 17.5 Å². The van der Waals surface area contributed by atoms with Gasteiger partial charge in [-0.2, -0.15) is 0 Å². The summed E-state index contributed by atoms with van der Waals surface area (Å²) in [5.41, 5.74) is 2.12. The summed E-state index contributed by atoms with van der Waals surface area (Å²) in [7, 11) is 0. The first-order chi connectivity index (χ1) is 13.2. The molecular weight excluding hydrogens is 342 g/mol. The molecule has 0 spiro atoms. The summed E-state index contributed by atoms with van der Waals surface area (Å²) in [5, 5.41) is 2.85. The first kappa shape index (κ1) is 17.0. The molecule has 0 radical (unpaired) electrons. The smallest absolute Gasteiger partial charge is 0.255 e. The molecule has 136 valence electrons. The van der Waals surface area contributed by atoms with E-state index >= 15 is 0 Å². The number of likely N-dealkylation sites (tertiary alicyclic amines) is 1. The van der Waals surface area contributed by atoms with Crippen LogP contribution in [0.3, 0.4) is 0 Å². The summed E-state index contributed by atoms with van der Waals surface area (Å²) in [6.07, 6.45) is 8.28. The maximum Gasteiger partial charge on any atom is 0.255 e. The maximum atomic E-state index is 12.5. The number of rotatable bonds is 5. The first-order valence-electron chi connectivity index (χ1n) is 8.81. The maximum absolute atomic E-state index is 12.5. The molecule has 0 aliphatic carbocycles. The SMILES string of the molecule is O=C(Nc1ccc(-n2ccnc2)nc1)c1cccc(CN2CCCC2=O)c1. The predicted molar refractivity (Wildman–Crippen MR) is 100 cm³/mol. The van der Waals surface area contributed by atoms with Crippen LogP contribution in [0.25, 0.3) is 5.82 Å². The second-order valence-electron chi connectivity index (χ2n) is 6.45. The van der Waals surface area contributed by atoms with Gasteiger partial charge in [-0.25, -0.2) is 9.97 Å². The molecule has 1 aliphatic heterocycles. The number of carbonyl (C=O) groups is 2. The number of amides is 2. The minimum absolute atomic E-state index is 0.175. The second-order valence-corrected chi connectivity index (χ2v) is 6.45. The van der Waals surface area contributed by atoms with Crippen molar-refractivity contribution in [3.05, 3.63) is 72.4 Å². The fourth-order valence-corrected chi connectivity index (χ4v) is 3.11. The molecule has 4 rings (SSSR count). The first-order valence-corrected chi connectivity index (χ1v) is 8.81. The zero-order valence-corrected chi connectivity index (χ0v) is 14.7. The molecule has 0 unspecified atom stereocenters. The molecule has 27 heavy (non-hydrogen) atoms. The average Bonchev–Trinajstić information content (AvgIpc) is 3.35. The molecule has 2 aromatic heterocycles. The summed E-state index contributed by atoms with van der Waals surface area (Å²) in [6, 6.07) is 11.0. The zero-order chi connectivity index (χ0) is 18.6. The molecule has 3 heterocycles. The van der Waals surface area contributed by atoms with Crippen molar-refractivity contribution in [3.8, 4) is 5.82 Å². The van der Waals surface area contributed by atoms with Crippen molar-refractivity contribution in [2.24, 2.45) is 0 Å². The van der Waals surface area contributed by atoms with Gasteiger partial charge in [-0.3, -0.25) is 14.2 Å². The van der Waals surface area contributed by atoms with E-state index in [1.54, 1.807) is 41.6 Å². The summed E-state index contributed by atoms with van der Waals surface area (Å²) >= 11 is 0. The number of anilines is 1. The third kappa shape index (κ3) is 3.87. The van der Waals surface area contributed by atoms with E-state index in [-0.39, 0.29) is 11.8 Å². The second kappa shape index (κ2) is 7.41. The third-order valence-corrected chi connectivity index (χ3v) is 4.51. The molecule has 7 nitrogen and oxygen atoms in total. The van der Waals surface area contributed by atoms with Crippen molar-refractivity contribution < 1.29 is 9.59 Å². The Kier molecular flexibility index (Phi) is 4.65. The Morgan fingerprint density at radius 2 is 2.15 bits per heavy atom. The highest BCUT2D eigenvalue weighted by Gasteiger charge is 2.20. The van der Waals surface area contributed by atoms with E-state index < -0.39 is 0 Å². The number of nitrogens with one attached hydrogen (secondary N) is 1. The van der Waals surface area contributed by atoms with Crippen molar-refractivity contribution in [2.75, 3.05) is 11.9 Å². The monoisotopic (exact) mass is 361 g/mol. The number of imidazole rings is 1. The number of pyridine rings is 1. The number of aromatic nitrogens is 3. The molecule has 0 bridgehead atoms. The van der Waals surface area contributed by atoms with Crippen LogP contribution in [0.4, 0.5) is 5.69 Å². The predicted octanol–water partition coefficient (Wildman–Crippen LogP) is 2.64. The van der Waals surface area contributed by atoms with Crippen LogP contribution in [0.5, 0.6) is 0 Å². The molecule has 0 atom stereocenters. The van der Waals surface area contributed by atoms with E-state index in [4.69, 9.17) is 0 Å². The van der Waals surface area contributed by atoms with E-state index in [1.165, 1.54) is 0 Å². The van der Waals surface area contributed by atoms with Gasteiger partial charge in [0.15, 0.2) is 0 Å². The van der Waals surface area contributed by atoms with Gasteiger partial charge in [-0.05, 0) is 36.2 Å². The highest BCUT2D eigenvalue weighted by molar-refractivity contribution is 6.04. The molecule has 1 fully saturated rings. The number of benzene rings is 1. The Morgan fingerprint density at radius 3 is 2.85 bits per heavy atom. The highest BCUT2D eigenvalue weighted by Crippen LogP contribution is 2.16. The van der Waals surface area contributed by atoms with Crippen molar-refractivity contribution in [1.82, 2.24) is 19.4 Å². The van der Waals surface area contributed by atoms with Gasteiger partial charge < -0.3 is 10.2 Å². The van der Waals surface area contributed by atoms with Gasteiger partial charge in [0.2, 0.25) is 5.91 Å². The molecular formula is C20H19N5O2. The van der Waals surface area contributed by atoms with Gasteiger partial charge in [0, 0.05) is 37.5 Å². The molecule has 1 N–H and O–H groups in total. The fraction of sp³-hybridized carbons (Fsp3) is 0.200. The molecule has 1 aromatic carbocycles. The van der Waals surface area contributed by atoms with E-state index in [2.05, 4.69) is 15.3 Å². The van der Waals surface area contributed by atoms with Crippen LogP contribution in [0.2, 0.25) is 0 Å². The van der Waals surface area contributed by atoms with Crippen LogP contribution in [0.1, 0.15) is 28.8 Å². The van der Waals surface area contributed by atoms with E-state index in [0.29, 0.717) is 24.2 Å². The standard InChI is InChI=1S/C20H19N5O2/c26-19-5-2-9-24(19)13-15-3-1-4-16(11-15)20(27)23-17-6-7-18(22-12-17)25-10-8-21-14-25/h1,3-4,6-8,10-12,14H,2,5,9,13H2,(H,23,27). The molecule has 2 amide bonds. The van der Waals surface area contributed by atoms with Crippen LogP contribution in [0, 0.1) is 0 Å². The summed E-state index contributed by atoms with van der Waals surface area (Å²) in [4.78, 5) is 34.5. The molecule has 3 aromatic rings. The zero-order valence-electron chi connectivity index (χ0n) is 14.7. The van der Waals surface area contributed by atoms with Crippen LogP contribution < -0.4 is 5.32 Å². The Balaban J connectivity index is 1.43. The molecule has 7 heteroatoms. The average molecular weight is 361 g/mol. The van der Waals surface area contributed by atoms with Gasteiger partial charge in [0.25, 0.3) is 5.91 Å². The minimum atomic E-state index is -0.207. The highest BCUT2D eigenvalue weighted by atomic mass is 16.2. The Labute approximate surface area is 156 Å². The van der Waals surface area contributed by atoms with Gasteiger partial charge in [-0.15, -0.1) is 0 Å². The van der Waals surface area contributed by atoms with Crippen LogP contribution in [-0.4, -0.2) is 37.8 Å². The lowest BCUT2D eigenvalue weighted by atomic mass is 10.1. The van der Waals surface area contributed by atoms with Crippen molar-refractivity contribution in [3.63, 3.8) is 0 Å². The van der Waals surface area contributed by atoms with Crippen LogP contribution in [0.15, 0.2) is 61.3 Å². The number of hydrogen-bond acceptors (Lipinski definition) is 4. The molecule has 0 saturated carbocycles.